The van der Waals surface area contributed by atoms with Crippen LogP contribution in [0.15, 0.2) is 30.3 Å². The summed E-state index contributed by atoms with van der Waals surface area (Å²) in [6.07, 6.45) is 6.47. The molecule has 4 rings (SSSR count). The van der Waals surface area contributed by atoms with Crippen LogP contribution in [-0.4, -0.2) is 11.8 Å². The Morgan fingerprint density at radius 3 is 2.67 bits per heavy atom. The number of anilines is 2. The molecule has 2 aliphatic rings. The van der Waals surface area contributed by atoms with Gasteiger partial charge >= 0.3 is 0 Å². The van der Waals surface area contributed by atoms with Crippen molar-refractivity contribution in [1.29, 1.82) is 0 Å². The molecular formula is C19H20N2O2S. The zero-order valence-electron chi connectivity index (χ0n) is 13.4. The van der Waals surface area contributed by atoms with E-state index in [1.165, 1.54) is 35.3 Å². The zero-order valence-corrected chi connectivity index (χ0v) is 14.2. The van der Waals surface area contributed by atoms with E-state index in [4.69, 9.17) is 0 Å². The molecule has 4 nitrogen and oxygen atoms in total. The number of carbonyl (C=O) groups excluding carboxylic acids is 2. The monoisotopic (exact) mass is 340 g/mol. The Hall–Kier alpha value is -2.14. The first-order chi connectivity index (χ1) is 11.7. The quantitative estimate of drug-likeness (QED) is 0.875. The molecule has 2 amide bonds. The third kappa shape index (κ3) is 3.22. The van der Waals surface area contributed by atoms with Gasteiger partial charge in [-0.15, -0.1) is 11.3 Å². The molecule has 2 aromatic rings. The largest absolute Gasteiger partial charge is 0.321 e. The molecule has 0 bridgehead atoms. The Kier molecular flexibility index (Phi) is 4.10. The average Bonchev–Trinajstić information content (AvgIpc) is 3.35. The Morgan fingerprint density at radius 2 is 1.83 bits per heavy atom. The first-order valence-corrected chi connectivity index (χ1v) is 9.35. The number of aryl methyl sites for hydroxylation is 1. The summed E-state index contributed by atoms with van der Waals surface area (Å²) in [5, 5.41) is 6.68. The van der Waals surface area contributed by atoms with Crippen LogP contribution in [0, 0.1) is 5.92 Å². The van der Waals surface area contributed by atoms with E-state index >= 15 is 0 Å². The van der Waals surface area contributed by atoms with E-state index in [0.29, 0.717) is 4.88 Å². The van der Waals surface area contributed by atoms with Gasteiger partial charge in [-0.25, -0.2) is 0 Å². The maximum absolute atomic E-state index is 12.5. The minimum atomic E-state index is -0.106. The molecule has 0 spiro atoms. The minimum Gasteiger partial charge on any atom is -0.321 e. The fourth-order valence-electron chi connectivity index (χ4n) is 3.18. The van der Waals surface area contributed by atoms with Gasteiger partial charge in [0, 0.05) is 11.6 Å². The molecule has 5 heteroatoms. The number of hydrogen-bond acceptors (Lipinski definition) is 3. The second-order valence-electron chi connectivity index (χ2n) is 6.53. The van der Waals surface area contributed by atoms with Gasteiger partial charge in [-0.1, -0.05) is 12.1 Å². The Bertz CT molecular complexity index is 792. The van der Waals surface area contributed by atoms with Gasteiger partial charge in [0.2, 0.25) is 5.91 Å². The molecular weight excluding hydrogens is 320 g/mol. The van der Waals surface area contributed by atoms with Gasteiger partial charge in [-0.3, -0.25) is 9.59 Å². The van der Waals surface area contributed by atoms with E-state index in [0.717, 1.165) is 36.4 Å². The average molecular weight is 340 g/mol. The molecule has 0 unspecified atom stereocenters. The van der Waals surface area contributed by atoms with Crippen LogP contribution in [0.4, 0.5) is 10.7 Å². The molecule has 0 saturated heterocycles. The summed E-state index contributed by atoms with van der Waals surface area (Å²) in [7, 11) is 0. The van der Waals surface area contributed by atoms with Crippen molar-refractivity contribution in [1.82, 2.24) is 0 Å². The Labute approximate surface area is 145 Å². The maximum atomic E-state index is 12.5. The van der Waals surface area contributed by atoms with Crippen LogP contribution in [0.25, 0.3) is 0 Å². The summed E-state index contributed by atoms with van der Waals surface area (Å²) >= 11 is 1.33. The Morgan fingerprint density at radius 1 is 1.00 bits per heavy atom. The van der Waals surface area contributed by atoms with Gasteiger partial charge < -0.3 is 10.6 Å². The van der Waals surface area contributed by atoms with Crippen LogP contribution >= 0.6 is 11.3 Å². The molecule has 0 aliphatic heterocycles. The molecule has 1 saturated carbocycles. The second kappa shape index (κ2) is 6.40. The molecule has 124 valence electrons. The van der Waals surface area contributed by atoms with E-state index < -0.39 is 0 Å². The van der Waals surface area contributed by atoms with Gasteiger partial charge in [0.15, 0.2) is 0 Å². The molecule has 0 radical (unpaired) electrons. The van der Waals surface area contributed by atoms with Crippen LogP contribution in [-0.2, 0) is 17.6 Å². The van der Waals surface area contributed by atoms with Gasteiger partial charge in [0.25, 0.3) is 5.91 Å². The number of thiophene rings is 1. The van der Waals surface area contributed by atoms with E-state index in [-0.39, 0.29) is 17.7 Å². The highest BCUT2D eigenvalue weighted by molar-refractivity contribution is 7.18. The molecule has 1 aromatic carbocycles. The van der Waals surface area contributed by atoms with Crippen LogP contribution < -0.4 is 10.6 Å². The number of fused-ring (bicyclic) bond motifs is 1. The van der Waals surface area contributed by atoms with Gasteiger partial charge in [-0.2, -0.15) is 0 Å². The van der Waals surface area contributed by atoms with Crippen molar-refractivity contribution in [2.45, 2.75) is 38.5 Å². The van der Waals surface area contributed by atoms with Crippen LogP contribution in [0.1, 0.15) is 46.5 Å². The van der Waals surface area contributed by atoms with Crippen molar-refractivity contribution in [3.63, 3.8) is 0 Å². The van der Waals surface area contributed by atoms with Crippen molar-refractivity contribution < 1.29 is 9.59 Å². The molecule has 1 aromatic heterocycles. The lowest BCUT2D eigenvalue weighted by molar-refractivity contribution is -0.117. The minimum absolute atomic E-state index is 0.0703. The van der Waals surface area contributed by atoms with Crippen molar-refractivity contribution >= 4 is 33.8 Å². The molecule has 1 fully saturated rings. The highest BCUT2D eigenvalue weighted by atomic mass is 32.1. The summed E-state index contributed by atoms with van der Waals surface area (Å²) in [5.74, 6) is 0.132. The molecule has 1 heterocycles. The smallest absolute Gasteiger partial charge is 0.265 e. The van der Waals surface area contributed by atoms with E-state index in [1.54, 1.807) is 12.1 Å². The van der Waals surface area contributed by atoms with Crippen molar-refractivity contribution in [2.24, 2.45) is 5.92 Å². The van der Waals surface area contributed by atoms with Gasteiger partial charge in [-0.05, 0) is 67.9 Å². The number of benzene rings is 1. The topological polar surface area (TPSA) is 58.2 Å². The number of nitrogens with one attached hydrogen (secondary N) is 2. The van der Waals surface area contributed by atoms with E-state index in [9.17, 15) is 9.59 Å². The number of amides is 2. The highest BCUT2D eigenvalue weighted by Crippen LogP contribution is 2.32. The Balaban J connectivity index is 1.46. The maximum Gasteiger partial charge on any atom is 0.265 e. The zero-order chi connectivity index (χ0) is 16.5. The molecule has 24 heavy (non-hydrogen) atoms. The third-order valence-corrected chi connectivity index (χ3v) is 5.67. The van der Waals surface area contributed by atoms with Crippen LogP contribution in [0.5, 0.6) is 0 Å². The normalized spacial score (nSPS) is 16.3. The summed E-state index contributed by atoms with van der Waals surface area (Å²) < 4.78 is 0. The lowest BCUT2D eigenvalue weighted by atomic mass is 9.90. The summed E-state index contributed by atoms with van der Waals surface area (Å²) in [6, 6.07) is 9.72. The highest BCUT2D eigenvalue weighted by Gasteiger charge is 2.30. The third-order valence-electron chi connectivity index (χ3n) is 4.67. The van der Waals surface area contributed by atoms with Crippen LogP contribution in [0.3, 0.4) is 0 Å². The standard InChI is InChI=1S/C19H20N2O2S/c22-18(13-8-9-13)21-17-11-10-16(24-17)19(23)20-15-7-3-5-12-4-1-2-6-14(12)15/h3,5,7,10-11,13H,1-2,4,6,8-9H2,(H,20,23)(H,21,22). The predicted molar refractivity (Wildman–Crippen MR) is 96.7 cm³/mol. The lowest BCUT2D eigenvalue weighted by Gasteiger charge is -2.19. The second-order valence-corrected chi connectivity index (χ2v) is 7.62. The predicted octanol–water partition coefficient (Wildman–Crippen LogP) is 4.23. The van der Waals surface area contributed by atoms with Crippen molar-refractivity contribution in [3.05, 3.63) is 46.3 Å². The fraction of sp³-hybridized carbons (Fsp3) is 0.368. The number of carbonyl (C=O) groups is 2. The number of hydrogen-bond donors (Lipinski definition) is 2. The summed E-state index contributed by atoms with van der Waals surface area (Å²) in [6.45, 7) is 0. The van der Waals surface area contributed by atoms with Gasteiger partial charge in [0.05, 0.1) is 9.88 Å². The lowest BCUT2D eigenvalue weighted by Crippen LogP contribution is -2.14. The first-order valence-electron chi connectivity index (χ1n) is 8.53. The van der Waals surface area contributed by atoms with E-state index in [2.05, 4.69) is 16.7 Å². The number of rotatable bonds is 4. The summed E-state index contributed by atoms with van der Waals surface area (Å²) in [4.78, 5) is 25.0. The van der Waals surface area contributed by atoms with Gasteiger partial charge in [0.1, 0.15) is 0 Å². The van der Waals surface area contributed by atoms with Crippen molar-refractivity contribution in [2.75, 3.05) is 10.6 Å². The molecule has 2 N–H and O–H groups in total. The van der Waals surface area contributed by atoms with Crippen LogP contribution in [0.2, 0.25) is 0 Å². The fourth-order valence-corrected chi connectivity index (χ4v) is 3.98. The summed E-state index contributed by atoms with van der Waals surface area (Å²) in [5.41, 5.74) is 3.55. The SMILES string of the molecule is O=C(Nc1cccc2c1CCCC2)c1ccc(NC(=O)C2CC2)s1. The molecule has 2 aliphatic carbocycles. The first kappa shape index (κ1) is 15.4. The van der Waals surface area contributed by atoms with E-state index in [1.807, 2.05) is 12.1 Å². The van der Waals surface area contributed by atoms with Crippen molar-refractivity contribution in [3.8, 4) is 0 Å². The molecule has 0 atom stereocenters.